The molecule has 9 nitrogen and oxygen atoms in total. The fraction of sp³-hybridized carbons (Fsp3) is 0.812. The van der Waals surface area contributed by atoms with Crippen LogP contribution in [-0.2, 0) is 19.1 Å². The van der Waals surface area contributed by atoms with E-state index in [1.165, 1.54) is 0 Å². The smallest absolute Gasteiger partial charge is 0.408 e. The van der Waals surface area contributed by atoms with Gasteiger partial charge in [0.25, 0.3) is 0 Å². The molecule has 0 spiro atoms. The molecule has 1 aliphatic heterocycles. The van der Waals surface area contributed by atoms with Crippen LogP contribution in [0.5, 0.6) is 0 Å². The summed E-state index contributed by atoms with van der Waals surface area (Å²) < 4.78 is 10.5. The second kappa shape index (κ2) is 7.57. The molecule has 25 heavy (non-hydrogen) atoms. The highest BCUT2D eigenvalue weighted by atomic mass is 16.6. The summed E-state index contributed by atoms with van der Waals surface area (Å²) in [5.74, 6) is 3.58. The van der Waals surface area contributed by atoms with Crippen molar-refractivity contribution in [3.8, 4) is 0 Å². The van der Waals surface area contributed by atoms with Gasteiger partial charge in [0.2, 0.25) is 5.91 Å². The molecule has 1 fully saturated rings. The van der Waals surface area contributed by atoms with Crippen molar-refractivity contribution in [1.29, 1.82) is 0 Å². The van der Waals surface area contributed by atoms with Gasteiger partial charge in [-0.2, -0.15) is 0 Å². The van der Waals surface area contributed by atoms with E-state index in [9.17, 15) is 19.5 Å². The molecule has 1 aliphatic rings. The van der Waals surface area contributed by atoms with Gasteiger partial charge in [-0.25, -0.2) is 15.4 Å². The molecule has 4 N–H and O–H groups in total. The maximum absolute atomic E-state index is 12.4. The highest BCUT2D eigenvalue weighted by Gasteiger charge is 2.41. The Morgan fingerprint density at radius 1 is 1.24 bits per heavy atom. The summed E-state index contributed by atoms with van der Waals surface area (Å²) in [6.45, 7) is 10.2. The normalized spacial score (nSPS) is 22.6. The number of hydrogen-bond donors (Lipinski definition) is 3. The zero-order valence-electron chi connectivity index (χ0n) is 15.7. The van der Waals surface area contributed by atoms with E-state index in [0.717, 1.165) is 5.01 Å². The van der Waals surface area contributed by atoms with E-state index in [2.05, 4.69) is 5.32 Å². The van der Waals surface area contributed by atoms with Gasteiger partial charge in [-0.05, 0) is 48.0 Å². The van der Waals surface area contributed by atoms with Crippen LogP contribution in [0, 0.1) is 5.92 Å². The molecule has 0 aromatic carbocycles. The van der Waals surface area contributed by atoms with Crippen LogP contribution in [0.1, 0.15) is 54.4 Å². The maximum Gasteiger partial charge on any atom is 0.408 e. The Morgan fingerprint density at radius 2 is 1.76 bits per heavy atom. The minimum atomic E-state index is -1.11. The summed E-state index contributed by atoms with van der Waals surface area (Å²) in [4.78, 5) is 36.4. The van der Waals surface area contributed by atoms with Crippen molar-refractivity contribution in [2.75, 3.05) is 0 Å². The molecule has 0 aliphatic carbocycles. The van der Waals surface area contributed by atoms with Crippen molar-refractivity contribution >= 4 is 18.0 Å². The number of rotatable bonds is 4. The minimum absolute atomic E-state index is 0.0439. The molecule has 0 aromatic rings. The molecule has 0 bridgehead atoms. The number of esters is 1. The first-order chi connectivity index (χ1) is 11.2. The zero-order chi connectivity index (χ0) is 19.6. The highest BCUT2D eigenvalue weighted by molar-refractivity contribution is 5.84. The Balaban J connectivity index is 2.86. The van der Waals surface area contributed by atoms with Gasteiger partial charge >= 0.3 is 12.1 Å². The number of carbonyl (C=O) groups is 3. The standard InChI is InChI=1S/C16H29N3O6/c1-15(2,3)24-13(22)10(18-14(23)25-16(4,5)6)7-9-8-11(20)19(17)12(9)21/h9-11,20H,7-8,17H2,1-6H3,(H,18,23)/t9-,10-,11?/m0/s1. The second-order valence-electron chi connectivity index (χ2n) is 8.13. The van der Waals surface area contributed by atoms with Gasteiger partial charge in [-0.15, -0.1) is 0 Å². The molecular formula is C16H29N3O6. The Hall–Kier alpha value is -1.87. The van der Waals surface area contributed by atoms with E-state index < -0.39 is 47.4 Å². The summed E-state index contributed by atoms with van der Waals surface area (Å²) >= 11 is 0. The molecule has 144 valence electrons. The number of nitrogens with two attached hydrogens (primary N) is 1. The summed E-state index contributed by atoms with van der Waals surface area (Å²) in [6.07, 6.45) is -1.88. The molecule has 1 unspecified atom stereocenters. The number of aliphatic hydroxyl groups excluding tert-OH is 1. The van der Waals surface area contributed by atoms with Gasteiger partial charge in [-0.3, -0.25) is 9.80 Å². The number of aliphatic hydroxyl groups is 1. The Labute approximate surface area is 147 Å². The fourth-order valence-electron chi connectivity index (χ4n) is 2.34. The number of nitrogens with zero attached hydrogens (tertiary/aromatic N) is 1. The maximum atomic E-state index is 12.4. The number of alkyl carbamates (subject to hydrolysis) is 1. The Bertz CT molecular complexity index is 523. The van der Waals surface area contributed by atoms with Crippen LogP contribution in [0.3, 0.4) is 0 Å². The first-order valence-corrected chi connectivity index (χ1v) is 8.18. The number of nitrogens with one attached hydrogen (secondary N) is 1. The van der Waals surface area contributed by atoms with Crippen molar-refractivity contribution < 1.29 is 29.0 Å². The number of hydrogen-bond acceptors (Lipinski definition) is 7. The Morgan fingerprint density at radius 3 is 2.16 bits per heavy atom. The van der Waals surface area contributed by atoms with E-state index >= 15 is 0 Å². The van der Waals surface area contributed by atoms with Crippen LogP contribution in [-0.4, -0.2) is 51.6 Å². The topological polar surface area (TPSA) is 131 Å². The van der Waals surface area contributed by atoms with Gasteiger partial charge < -0.3 is 19.9 Å². The minimum Gasteiger partial charge on any atom is -0.458 e. The molecule has 1 saturated heterocycles. The predicted molar refractivity (Wildman–Crippen MR) is 88.8 cm³/mol. The van der Waals surface area contributed by atoms with Gasteiger partial charge in [-0.1, -0.05) is 0 Å². The number of ether oxygens (including phenoxy) is 2. The van der Waals surface area contributed by atoms with E-state index in [0.29, 0.717) is 0 Å². The average Bonchev–Trinajstić information content (AvgIpc) is 2.61. The van der Waals surface area contributed by atoms with Gasteiger partial charge in [0, 0.05) is 12.3 Å². The van der Waals surface area contributed by atoms with Crippen LogP contribution in [0.15, 0.2) is 0 Å². The van der Waals surface area contributed by atoms with Crippen molar-refractivity contribution in [2.24, 2.45) is 11.8 Å². The van der Waals surface area contributed by atoms with Crippen molar-refractivity contribution in [1.82, 2.24) is 10.3 Å². The van der Waals surface area contributed by atoms with Crippen LogP contribution in [0.2, 0.25) is 0 Å². The highest BCUT2D eigenvalue weighted by Crippen LogP contribution is 2.25. The lowest BCUT2D eigenvalue weighted by atomic mass is 9.98. The lowest BCUT2D eigenvalue weighted by molar-refractivity contribution is -0.158. The van der Waals surface area contributed by atoms with E-state index in [4.69, 9.17) is 15.3 Å². The summed E-state index contributed by atoms with van der Waals surface area (Å²) in [5, 5.41) is 12.8. The zero-order valence-corrected chi connectivity index (χ0v) is 15.7. The van der Waals surface area contributed by atoms with Crippen molar-refractivity contribution in [3.63, 3.8) is 0 Å². The van der Waals surface area contributed by atoms with Crippen LogP contribution >= 0.6 is 0 Å². The van der Waals surface area contributed by atoms with Gasteiger partial charge in [0.1, 0.15) is 23.5 Å². The second-order valence-corrected chi connectivity index (χ2v) is 8.13. The number of amides is 2. The third kappa shape index (κ3) is 6.87. The first-order valence-electron chi connectivity index (χ1n) is 8.18. The number of carbonyl (C=O) groups excluding carboxylic acids is 3. The third-order valence-electron chi connectivity index (χ3n) is 3.32. The van der Waals surface area contributed by atoms with Crippen LogP contribution < -0.4 is 11.2 Å². The molecule has 0 aromatic heterocycles. The molecule has 0 saturated carbocycles. The van der Waals surface area contributed by atoms with Gasteiger partial charge in [0.15, 0.2) is 0 Å². The summed E-state index contributed by atoms with van der Waals surface area (Å²) in [7, 11) is 0. The fourth-order valence-corrected chi connectivity index (χ4v) is 2.34. The van der Waals surface area contributed by atoms with Crippen molar-refractivity contribution in [2.45, 2.75) is 77.9 Å². The molecule has 9 heteroatoms. The number of hydrazine groups is 1. The SMILES string of the molecule is CC(C)(C)OC(=O)N[C@@H](C[C@H]1CC(O)N(N)C1=O)C(=O)OC(C)(C)C. The first kappa shape index (κ1) is 21.2. The third-order valence-corrected chi connectivity index (χ3v) is 3.32. The van der Waals surface area contributed by atoms with E-state index in [1.54, 1.807) is 41.5 Å². The summed E-state index contributed by atoms with van der Waals surface area (Å²) in [5.41, 5.74) is -1.50. The Kier molecular flexibility index (Phi) is 6.41. The molecule has 3 atom stereocenters. The monoisotopic (exact) mass is 359 g/mol. The molecule has 1 heterocycles. The largest absolute Gasteiger partial charge is 0.458 e. The molecule has 0 radical (unpaired) electrons. The van der Waals surface area contributed by atoms with Crippen molar-refractivity contribution in [3.05, 3.63) is 0 Å². The van der Waals surface area contributed by atoms with E-state index in [-0.39, 0.29) is 12.8 Å². The average molecular weight is 359 g/mol. The van der Waals surface area contributed by atoms with Crippen LogP contribution in [0.4, 0.5) is 4.79 Å². The predicted octanol–water partition coefficient (Wildman–Crippen LogP) is 0.652. The van der Waals surface area contributed by atoms with Crippen LogP contribution in [0.25, 0.3) is 0 Å². The quantitative estimate of drug-likeness (QED) is 0.381. The molecule has 1 rings (SSSR count). The molecular weight excluding hydrogens is 330 g/mol. The lowest BCUT2D eigenvalue weighted by Crippen LogP contribution is -2.47. The van der Waals surface area contributed by atoms with Gasteiger partial charge in [0.05, 0.1) is 0 Å². The summed E-state index contributed by atoms with van der Waals surface area (Å²) in [6, 6.07) is -1.10. The van der Waals surface area contributed by atoms with E-state index in [1.807, 2.05) is 0 Å². The molecule has 2 amide bonds. The lowest BCUT2D eigenvalue weighted by Gasteiger charge is -2.27.